The van der Waals surface area contributed by atoms with E-state index in [1.165, 1.54) is 35.6 Å². The van der Waals surface area contributed by atoms with Crippen molar-refractivity contribution in [3.63, 3.8) is 0 Å². The van der Waals surface area contributed by atoms with E-state index in [0.717, 1.165) is 26.3 Å². The van der Waals surface area contributed by atoms with Gasteiger partial charge in [-0.05, 0) is 48.5 Å². The Bertz CT molecular complexity index is 1270. The largest absolute Gasteiger partial charge is 0.321 e. The molecule has 0 radical (unpaired) electrons. The highest BCUT2D eigenvalue weighted by atomic mass is 32.1. The normalized spacial score (nSPS) is 11.3. The van der Waals surface area contributed by atoms with Crippen LogP contribution in [0.25, 0.3) is 26.3 Å². The van der Waals surface area contributed by atoms with E-state index in [1.807, 2.05) is 41.2 Å². The highest BCUT2D eigenvalue weighted by Crippen LogP contribution is 2.33. The Morgan fingerprint density at radius 2 is 1.89 bits per heavy atom. The number of nitrogens with zero attached hydrogens (tertiary/aromatic N) is 3. The van der Waals surface area contributed by atoms with Crippen molar-refractivity contribution >= 4 is 44.1 Å². The van der Waals surface area contributed by atoms with Gasteiger partial charge in [0.15, 0.2) is 10.8 Å². The van der Waals surface area contributed by atoms with Crippen molar-refractivity contribution < 1.29 is 9.18 Å². The quantitative estimate of drug-likeness (QED) is 0.491. The van der Waals surface area contributed by atoms with Crippen LogP contribution in [0.5, 0.6) is 0 Å². The first-order valence-corrected chi connectivity index (χ1v) is 8.98. The van der Waals surface area contributed by atoms with E-state index < -0.39 is 0 Å². The number of halogens is 1. The summed E-state index contributed by atoms with van der Waals surface area (Å²) in [6.07, 6.45) is 3.85. The minimum absolute atomic E-state index is 0.280. The lowest BCUT2D eigenvalue weighted by Gasteiger charge is -2.03. The molecule has 0 spiro atoms. The van der Waals surface area contributed by atoms with Gasteiger partial charge in [0.25, 0.3) is 5.91 Å². The molecule has 8 heteroatoms. The number of aromatic amines is 1. The summed E-state index contributed by atoms with van der Waals surface area (Å²) in [6.45, 7) is 0. The standard InChI is InChI=1S/C19H12FN5OS/c20-11-3-5-12(6-4-11)21-18(26)16-15-13(23-24-16)7-8-14-17(15)27-19(22-14)25-9-1-2-10-25/h1-10H,(H,21,26)(H,23,24). The van der Waals surface area contributed by atoms with E-state index in [1.54, 1.807) is 0 Å². The maximum atomic E-state index is 13.1. The molecule has 0 aliphatic carbocycles. The van der Waals surface area contributed by atoms with E-state index >= 15 is 0 Å². The van der Waals surface area contributed by atoms with Crippen molar-refractivity contribution in [1.29, 1.82) is 0 Å². The fourth-order valence-electron chi connectivity index (χ4n) is 2.94. The zero-order valence-electron chi connectivity index (χ0n) is 13.8. The molecule has 27 heavy (non-hydrogen) atoms. The summed E-state index contributed by atoms with van der Waals surface area (Å²) in [5.41, 5.74) is 2.34. The first kappa shape index (κ1) is 15.7. The van der Waals surface area contributed by atoms with Gasteiger partial charge < -0.3 is 9.88 Å². The molecule has 5 rings (SSSR count). The number of aromatic nitrogens is 4. The minimum atomic E-state index is -0.365. The predicted octanol–water partition coefficient (Wildman–Crippen LogP) is 4.35. The molecule has 6 nitrogen and oxygen atoms in total. The number of fused-ring (bicyclic) bond motifs is 3. The molecule has 0 aliphatic rings. The SMILES string of the molecule is O=C(Nc1ccc(F)cc1)c1n[nH]c2ccc3nc(-n4cccc4)sc3c12. The van der Waals surface area contributed by atoms with Gasteiger partial charge in [0.1, 0.15) is 5.82 Å². The van der Waals surface area contributed by atoms with E-state index in [9.17, 15) is 9.18 Å². The smallest absolute Gasteiger partial charge is 0.276 e. The zero-order chi connectivity index (χ0) is 18.4. The number of amides is 1. The number of carbonyl (C=O) groups excluding carboxylic acids is 1. The molecule has 5 aromatic rings. The Kier molecular flexibility index (Phi) is 3.51. The molecule has 2 N–H and O–H groups in total. The number of thiazole rings is 1. The predicted molar refractivity (Wildman–Crippen MR) is 103 cm³/mol. The number of anilines is 1. The summed E-state index contributed by atoms with van der Waals surface area (Å²) < 4.78 is 15.9. The third kappa shape index (κ3) is 2.67. The van der Waals surface area contributed by atoms with Crippen molar-refractivity contribution in [3.05, 3.63) is 72.4 Å². The molecule has 0 atom stereocenters. The Labute approximate surface area is 156 Å². The number of benzene rings is 2. The highest BCUT2D eigenvalue weighted by molar-refractivity contribution is 7.21. The number of rotatable bonds is 3. The van der Waals surface area contributed by atoms with Crippen LogP contribution < -0.4 is 5.32 Å². The molecule has 0 aliphatic heterocycles. The summed E-state index contributed by atoms with van der Waals surface area (Å²) in [7, 11) is 0. The average molecular weight is 377 g/mol. The zero-order valence-corrected chi connectivity index (χ0v) is 14.6. The Morgan fingerprint density at radius 1 is 1.11 bits per heavy atom. The van der Waals surface area contributed by atoms with Gasteiger partial charge in [0.05, 0.1) is 21.1 Å². The Hall–Kier alpha value is -3.52. The summed E-state index contributed by atoms with van der Waals surface area (Å²) >= 11 is 1.49. The molecule has 3 aromatic heterocycles. The van der Waals surface area contributed by atoms with Gasteiger partial charge in [0, 0.05) is 18.1 Å². The molecule has 0 bridgehead atoms. The second-order valence-corrected chi connectivity index (χ2v) is 6.93. The molecule has 3 heterocycles. The Morgan fingerprint density at radius 3 is 2.67 bits per heavy atom. The highest BCUT2D eigenvalue weighted by Gasteiger charge is 2.19. The van der Waals surface area contributed by atoms with Crippen LogP contribution in [0.3, 0.4) is 0 Å². The molecule has 0 saturated heterocycles. The molecule has 0 saturated carbocycles. The maximum Gasteiger partial charge on any atom is 0.276 e. The third-order valence-corrected chi connectivity index (χ3v) is 5.32. The van der Waals surface area contributed by atoms with Crippen LogP contribution in [-0.4, -0.2) is 25.7 Å². The molecule has 2 aromatic carbocycles. The number of nitrogens with one attached hydrogen (secondary N) is 2. The maximum absolute atomic E-state index is 13.1. The molecule has 132 valence electrons. The summed E-state index contributed by atoms with van der Waals surface area (Å²) in [5, 5.41) is 11.4. The van der Waals surface area contributed by atoms with Gasteiger partial charge in [-0.25, -0.2) is 9.37 Å². The average Bonchev–Trinajstić information content (AvgIpc) is 3.41. The van der Waals surface area contributed by atoms with E-state index in [2.05, 4.69) is 20.5 Å². The fraction of sp³-hybridized carbons (Fsp3) is 0. The van der Waals surface area contributed by atoms with Crippen LogP contribution in [0.15, 0.2) is 60.9 Å². The van der Waals surface area contributed by atoms with E-state index in [0.29, 0.717) is 5.69 Å². The van der Waals surface area contributed by atoms with Crippen molar-refractivity contribution in [2.75, 3.05) is 5.32 Å². The summed E-state index contributed by atoms with van der Waals surface area (Å²) in [5.74, 6) is -0.724. The second-order valence-electron chi connectivity index (χ2n) is 5.96. The Balaban J connectivity index is 1.61. The topological polar surface area (TPSA) is 75.6 Å². The molecule has 1 amide bonds. The minimum Gasteiger partial charge on any atom is -0.321 e. The molecular weight excluding hydrogens is 365 g/mol. The van der Waals surface area contributed by atoms with Crippen LogP contribution in [0.1, 0.15) is 10.5 Å². The van der Waals surface area contributed by atoms with Crippen LogP contribution in [0, 0.1) is 5.82 Å². The van der Waals surface area contributed by atoms with Crippen LogP contribution in [0.4, 0.5) is 10.1 Å². The molecule has 0 fully saturated rings. The van der Waals surface area contributed by atoms with Crippen LogP contribution in [-0.2, 0) is 0 Å². The van der Waals surface area contributed by atoms with Crippen molar-refractivity contribution in [2.24, 2.45) is 0 Å². The van der Waals surface area contributed by atoms with Gasteiger partial charge in [0.2, 0.25) is 0 Å². The number of hydrogen-bond donors (Lipinski definition) is 2. The van der Waals surface area contributed by atoms with Gasteiger partial charge in [-0.1, -0.05) is 11.3 Å². The number of carbonyl (C=O) groups is 1. The summed E-state index contributed by atoms with van der Waals surface area (Å²) in [6, 6.07) is 13.2. The number of hydrogen-bond acceptors (Lipinski definition) is 4. The second kappa shape index (κ2) is 6.03. The lowest BCUT2D eigenvalue weighted by atomic mass is 10.2. The van der Waals surface area contributed by atoms with Gasteiger partial charge in [-0.3, -0.25) is 9.89 Å². The van der Waals surface area contributed by atoms with Crippen molar-refractivity contribution in [1.82, 2.24) is 19.7 Å². The van der Waals surface area contributed by atoms with Gasteiger partial charge >= 0.3 is 0 Å². The van der Waals surface area contributed by atoms with E-state index in [4.69, 9.17) is 0 Å². The van der Waals surface area contributed by atoms with Gasteiger partial charge in [-0.15, -0.1) is 0 Å². The van der Waals surface area contributed by atoms with Gasteiger partial charge in [-0.2, -0.15) is 5.10 Å². The number of H-pyrrole nitrogens is 1. The molecule has 0 unspecified atom stereocenters. The fourth-order valence-corrected chi connectivity index (χ4v) is 4.02. The first-order valence-electron chi connectivity index (χ1n) is 8.17. The first-order chi connectivity index (χ1) is 13.2. The summed E-state index contributed by atoms with van der Waals surface area (Å²) in [4.78, 5) is 17.4. The lowest BCUT2D eigenvalue weighted by molar-refractivity contribution is 0.102. The van der Waals surface area contributed by atoms with Crippen molar-refractivity contribution in [3.8, 4) is 5.13 Å². The lowest BCUT2D eigenvalue weighted by Crippen LogP contribution is -2.12. The van der Waals surface area contributed by atoms with Crippen molar-refractivity contribution in [2.45, 2.75) is 0 Å². The van der Waals surface area contributed by atoms with E-state index in [-0.39, 0.29) is 17.4 Å². The molecular formula is C19H12FN5OS. The van der Waals surface area contributed by atoms with Crippen LogP contribution in [0.2, 0.25) is 0 Å². The third-order valence-electron chi connectivity index (χ3n) is 4.21. The monoisotopic (exact) mass is 377 g/mol. The van der Waals surface area contributed by atoms with Crippen LogP contribution >= 0.6 is 11.3 Å².